The zero-order valence-electron chi connectivity index (χ0n) is 23.4. The molecule has 0 aliphatic carbocycles. The number of rotatable bonds is 5. The van der Waals surface area contributed by atoms with Crippen LogP contribution in [0.3, 0.4) is 0 Å². The van der Waals surface area contributed by atoms with Gasteiger partial charge in [0, 0.05) is 28.7 Å². The van der Waals surface area contributed by atoms with E-state index in [-0.39, 0.29) is 0 Å². The lowest BCUT2D eigenvalue weighted by molar-refractivity contribution is 1.08. The van der Waals surface area contributed by atoms with E-state index in [1.807, 2.05) is 36.7 Å². The van der Waals surface area contributed by atoms with Gasteiger partial charge in [-0.25, -0.2) is 4.98 Å². The number of hydrogen-bond acceptors (Lipinski definition) is 2. The van der Waals surface area contributed by atoms with E-state index in [4.69, 9.17) is 4.98 Å². The second-order valence-corrected chi connectivity index (χ2v) is 10.7. The van der Waals surface area contributed by atoms with E-state index in [0.717, 1.165) is 28.1 Å². The van der Waals surface area contributed by atoms with Gasteiger partial charge in [0.05, 0.1) is 16.7 Å². The Bertz CT molecular complexity index is 2230. The largest absolute Gasteiger partial charge is 0.294 e. The van der Waals surface area contributed by atoms with Crippen molar-refractivity contribution in [2.24, 2.45) is 0 Å². The van der Waals surface area contributed by atoms with Gasteiger partial charge >= 0.3 is 0 Å². The maximum atomic E-state index is 4.71. The van der Waals surface area contributed by atoms with Crippen molar-refractivity contribution in [1.29, 1.82) is 0 Å². The van der Waals surface area contributed by atoms with Crippen LogP contribution in [0.4, 0.5) is 0 Å². The standard InChI is InChI=1S/C40H27N3/c1-2-15-32(30-22-23-36-35-18-5-6-20-38(35)43(39(36)27-30)40-21-8-10-25-42-40)31(14-1)28-12-11-13-29(26-28)33-16-3-4-17-34(33)37-19-7-9-24-41-37/h1-27H. The van der Waals surface area contributed by atoms with Gasteiger partial charge in [-0.3, -0.25) is 9.55 Å². The summed E-state index contributed by atoms with van der Waals surface area (Å²) in [4.78, 5) is 9.35. The zero-order valence-corrected chi connectivity index (χ0v) is 23.4. The number of benzene rings is 5. The Morgan fingerprint density at radius 3 is 1.65 bits per heavy atom. The molecular formula is C40H27N3. The molecule has 43 heavy (non-hydrogen) atoms. The maximum Gasteiger partial charge on any atom is 0.137 e. The van der Waals surface area contributed by atoms with Crippen LogP contribution in [-0.2, 0) is 0 Å². The van der Waals surface area contributed by atoms with Gasteiger partial charge in [0.25, 0.3) is 0 Å². The Hall–Kier alpha value is -5.80. The zero-order chi connectivity index (χ0) is 28.6. The van der Waals surface area contributed by atoms with E-state index in [9.17, 15) is 0 Å². The predicted molar refractivity (Wildman–Crippen MR) is 178 cm³/mol. The topological polar surface area (TPSA) is 30.7 Å². The first kappa shape index (κ1) is 25.0. The Morgan fingerprint density at radius 2 is 0.953 bits per heavy atom. The molecule has 0 atom stereocenters. The third-order valence-corrected chi connectivity index (χ3v) is 8.14. The molecule has 3 heterocycles. The smallest absolute Gasteiger partial charge is 0.137 e. The molecule has 0 amide bonds. The summed E-state index contributed by atoms with van der Waals surface area (Å²) in [5, 5.41) is 2.44. The maximum absolute atomic E-state index is 4.71. The van der Waals surface area contributed by atoms with E-state index < -0.39 is 0 Å². The molecule has 0 aliphatic rings. The van der Waals surface area contributed by atoms with Gasteiger partial charge in [-0.1, -0.05) is 109 Å². The minimum Gasteiger partial charge on any atom is -0.294 e. The highest BCUT2D eigenvalue weighted by atomic mass is 15.1. The van der Waals surface area contributed by atoms with E-state index >= 15 is 0 Å². The van der Waals surface area contributed by atoms with E-state index in [1.165, 1.54) is 44.2 Å². The lowest BCUT2D eigenvalue weighted by Crippen LogP contribution is -1.96. The third kappa shape index (κ3) is 4.39. The van der Waals surface area contributed by atoms with Crippen LogP contribution in [0.25, 0.3) is 72.3 Å². The van der Waals surface area contributed by atoms with Crippen LogP contribution < -0.4 is 0 Å². The number of aromatic nitrogens is 3. The number of hydrogen-bond donors (Lipinski definition) is 0. The van der Waals surface area contributed by atoms with Gasteiger partial charge in [-0.2, -0.15) is 0 Å². The van der Waals surface area contributed by atoms with Crippen molar-refractivity contribution in [2.75, 3.05) is 0 Å². The van der Waals surface area contributed by atoms with Crippen LogP contribution in [0.2, 0.25) is 0 Å². The summed E-state index contributed by atoms with van der Waals surface area (Å²) < 4.78 is 2.27. The molecule has 3 heteroatoms. The van der Waals surface area contributed by atoms with Crippen LogP contribution >= 0.6 is 0 Å². The summed E-state index contributed by atoms with van der Waals surface area (Å²) >= 11 is 0. The first-order chi connectivity index (χ1) is 21.3. The quantitative estimate of drug-likeness (QED) is 0.214. The van der Waals surface area contributed by atoms with Crippen molar-refractivity contribution in [1.82, 2.24) is 14.5 Å². The molecule has 0 radical (unpaired) electrons. The Balaban J connectivity index is 1.28. The molecule has 0 spiro atoms. The fraction of sp³-hybridized carbons (Fsp3) is 0. The van der Waals surface area contributed by atoms with Crippen molar-refractivity contribution in [3.8, 4) is 50.5 Å². The van der Waals surface area contributed by atoms with Gasteiger partial charge in [-0.05, 0) is 75.8 Å². The highest BCUT2D eigenvalue weighted by Crippen LogP contribution is 2.39. The van der Waals surface area contributed by atoms with E-state index in [0.29, 0.717) is 0 Å². The summed E-state index contributed by atoms with van der Waals surface area (Å²) in [6.45, 7) is 0. The van der Waals surface area contributed by atoms with Gasteiger partial charge in [0.1, 0.15) is 5.82 Å². The predicted octanol–water partition coefficient (Wildman–Crippen LogP) is 10.2. The molecule has 0 aliphatic heterocycles. The van der Waals surface area contributed by atoms with Gasteiger partial charge in [-0.15, -0.1) is 0 Å². The summed E-state index contributed by atoms with van der Waals surface area (Å²) in [6, 6.07) is 53.5. The molecule has 5 aromatic carbocycles. The van der Waals surface area contributed by atoms with Gasteiger partial charge < -0.3 is 0 Å². The SMILES string of the molecule is c1ccc(-c2ccccc2-c2cccc(-c3ccccc3-c3ccc4c5ccccc5n(-c5ccccn5)c4c3)c2)nc1. The molecule has 0 bridgehead atoms. The Kier molecular flexibility index (Phi) is 6.12. The molecule has 3 nitrogen and oxygen atoms in total. The minimum atomic E-state index is 0.915. The number of pyridine rings is 2. The lowest BCUT2D eigenvalue weighted by atomic mass is 9.91. The first-order valence-corrected chi connectivity index (χ1v) is 14.5. The molecular weight excluding hydrogens is 522 g/mol. The molecule has 202 valence electrons. The fourth-order valence-corrected chi connectivity index (χ4v) is 6.19. The summed E-state index contributed by atoms with van der Waals surface area (Å²) in [5.74, 6) is 0.915. The fourth-order valence-electron chi connectivity index (χ4n) is 6.19. The molecule has 0 unspecified atom stereocenters. The van der Waals surface area contributed by atoms with Crippen molar-refractivity contribution in [3.63, 3.8) is 0 Å². The first-order valence-electron chi connectivity index (χ1n) is 14.5. The van der Waals surface area contributed by atoms with Crippen molar-refractivity contribution in [2.45, 2.75) is 0 Å². The van der Waals surface area contributed by atoms with Crippen molar-refractivity contribution >= 4 is 21.8 Å². The molecule has 0 N–H and O–H groups in total. The average molecular weight is 550 g/mol. The van der Waals surface area contributed by atoms with Gasteiger partial charge in [0.15, 0.2) is 0 Å². The summed E-state index contributed by atoms with van der Waals surface area (Å²) in [7, 11) is 0. The van der Waals surface area contributed by atoms with Crippen LogP contribution in [0.1, 0.15) is 0 Å². The molecule has 0 fully saturated rings. The lowest BCUT2D eigenvalue weighted by Gasteiger charge is -2.14. The molecule has 3 aromatic heterocycles. The molecule has 0 saturated carbocycles. The number of nitrogens with zero attached hydrogens (tertiary/aromatic N) is 3. The van der Waals surface area contributed by atoms with Crippen molar-refractivity contribution < 1.29 is 0 Å². The number of para-hydroxylation sites is 1. The normalized spacial score (nSPS) is 11.3. The van der Waals surface area contributed by atoms with E-state index in [1.54, 1.807) is 0 Å². The molecule has 8 aromatic rings. The van der Waals surface area contributed by atoms with E-state index in [2.05, 4.69) is 137 Å². The minimum absolute atomic E-state index is 0.915. The highest BCUT2D eigenvalue weighted by Gasteiger charge is 2.16. The molecule has 8 rings (SSSR count). The van der Waals surface area contributed by atoms with Crippen LogP contribution in [0, 0.1) is 0 Å². The van der Waals surface area contributed by atoms with Crippen LogP contribution in [-0.4, -0.2) is 14.5 Å². The Morgan fingerprint density at radius 1 is 0.372 bits per heavy atom. The summed E-state index contributed by atoms with van der Waals surface area (Å²) in [6.07, 6.45) is 3.71. The second-order valence-electron chi connectivity index (χ2n) is 10.7. The number of fused-ring (bicyclic) bond motifs is 3. The highest BCUT2D eigenvalue weighted by molar-refractivity contribution is 6.10. The average Bonchev–Trinajstić information content (AvgIpc) is 3.43. The Labute approximate surface area is 250 Å². The monoisotopic (exact) mass is 549 g/mol. The van der Waals surface area contributed by atoms with Crippen LogP contribution in [0.5, 0.6) is 0 Å². The second kappa shape index (κ2) is 10.6. The summed E-state index contributed by atoms with van der Waals surface area (Å²) in [5.41, 5.74) is 11.5. The van der Waals surface area contributed by atoms with Crippen LogP contribution in [0.15, 0.2) is 164 Å². The molecule has 0 saturated heterocycles. The third-order valence-electron chi connectivity index (χ3n) is 8.14. The van der Waals surface area contributed by atoms with Gasteiger partial charge in [0.2, 0.25) is 0 Å². The van der Waals surface area contributed by atoms with Crippen molar-refractivity contribution in [3.05, 3.63) is 164 Å².